The number of esters is 1. The van der Waals surface area contributed by atoms with Gasteiger partial charge in [-0.15, -0.1) is 24.9 Å². The van der Waals surface area contributed by atoms with Crippen molar-refractivity contribution in [1.82, 2.24) is 4.90 Å². The lowest BCUT2D eigenvalue weighted by molar-refractivity contribution is -0.155. The van der Waals surface area contributed by atoms with Gasteiger partial charge in [-0.05, 0) is 60.9 Å². The highest BCUT2D eigenvalue weighted by atomic mass is 32.2. The Morgan fingerprint density at radius 3 is 2.64 bits per heavy atom. The van der Waals surface area contributed by atoms with E-state index in [4.69, 9.17) is 4.74 Å². The van der Waals surface area contributed by atoms with Gasteiger partial charge in [0.1, 0.15) is 6.04 Å². The smallest absolute Gasteiger partial charge is 0.310 e. The maximum Gasteiger partial charge on any atom is 0.310 e. The molecule has 3 saturated heterocycles. The van der Waals surface area contributed by atoms with Gasteiger partial charge in [0.15, 0.2) is 0 Å². The molecule has 2 aromatic carbocycles. The number of thioether (sulfide) groups is 1. The van der Waals surface area contributed by atoms with E-state index in [0.717, 1.165) is 42.1 Å². The van der Waals surface area contributed by atoms with Gasteiger partial charge in [0.25, 0.3) is 5.91 Å². The van der Waals surface area contributed by atoms with Crippen molar-refractivity contribution in [1.29, 1.82) is 0 Å². The number of carbonyl (C=O) groups is 3. The molecule has 3 fully saturated rings. The van der Waals surface area contributed by atoms with E-state index in [9.17, 15) is 19.5 Å². The van der Waals surface area contributed by atoms with Gasteiger partial charge in [0.05, 0.1) is 35.8 Å². The van der Waals surface area contributed by atoms with E-state index in [0.29, 0.717) is 13.0 Å². The van der Waals surface area contributed by atoms with Gasteiger partial charge in [0.2, 0.25) is 5.91 Å². The zero-order valence-electron chi connectivity index (χ0n) is 24.6. The van der Waals surface area contributed by atoms with Crippen LogP contribution in [-0.4, -0.2) is 69.6 Å². The summed E-state index contributed by atoms with van der Waals surface area (Å²) < 4.78 is 4.95. The lowest BCUT2D eigenvalue weighted by atomic mass is 9.66. The molecule has 3 aliphatic rings. The molecule has 42 heavy (non-hydrogen) atoms. The summed E-state index contributed by atoms with van der Waals surface area (Å²) in [7, 11) is 0. The first-order valence-electron chi connectivity index (χ1n) is 15.1. The SMILES string of the molecule is C=CCCCCOC(=O)[C@@H]1[C@H]2C(=O)N([C@@H](CC)CO)C(C(=O)N(CC=C)c3ccc4ccccc4c3)C23S[C@@H]1CC3C. The number of likely N-dealkylation sites (tertiary alicyclic amines) is 1. The highest BCUT2D eigenvalue weighted by Crippen LogP contribution is 2.69. The van der Waals surface area contributed by atoms with E-state index in [1.165, 1.54) is 0 Å². The highest BCUT2D eigenvalue weighted by molar-refractivity contribution is 8.02. The second-order valence-corrected chi connectivity index (χ2v) is 13.3. The number of ether oxygens (including phenoxy) is 1. The maximum atomic E-state index is 14.8. The number of aliphatic hydroxyl groups is 1. The van der Waals surface area contributed by atoms with Crippen molar-refractivity contribution in [2.24, 2.45) is 17.8 Å². The zero-order valence-corrected chi connectivity index (χ0v) is 25.4. The predicted molar refractivity (Wildman–Crippen MR) is 168 cm³/mol. The molecule has 3 aliphatic heterocycles. The fourth-order valence-corrected chi connectivity index (χ4v) is 9.81. The average Bonchev–Trinajstić information content (AvgIpc) is 3.59. The van der Waals surface area contributed by atoms with Crippen molar-refractivity contribution >= 4 is 46.0 Å². The number of fused-ring (bicyclic) bond motifs is 2. The molecule has 1 N–H and O–H groups in total. The van der Waals surface area contributed by atoms with E-state index in [1.807, 2.05) is 55.5 Å². The minimum Gasteiger partial charge on any atom is -0.465 e. The molecule has 2 aromatic rings. The fourth-order valence-electron chi connectivity index (χ4n) is 7.42. The molecular formula is C34H42N2O5S. The molecule has 2 amide bonds. The van der Waals surface area contributed by atoms with E-state index < -0.39 is 28.7 Å². The molecule has 3 heterocycles. The lowest BCUT2D eigenvalue weighted by Crippen LogP contribution is -2.59. The molecule has 224 valence electrons. The summed E-state index contributed by atoms with van der Waals surface area (Å²) in [5.41, 5.74) is 0.726. The van der Waals surface area contributed by atoms with Crippen molar-refractivity contribution < 1.29 is 24.2 Å². The van der Waals surface area contributed by atoms with Crippen molar-refractivity contribution in [3.05, 3.63) is 67.8 Å². The third-order valence-electron chi connectivity index (χ3n) is 9.43. The first-order valence-corrected chi connectivity index (χ1v) is 16.0. The number of hydrogen-bond donors (Lipinski definition) is 1. The largest absolute Gasteiger partial charge is 0.465 e. The van der Waals surface area contributed by atoms with Crippen molar-refractivity contribution in [2.45, 2.75) is 68.0 Å². The highest BCUT2D eigenvalue weighted by Gasteiger charge is 2.77. The summed E-state index contributed by atoms with van der Waals surface area (Å²) in [6.07, 6.45) is 7.25. The van der Waals surface area contributed by atoms with Gasteiger partial charge >= 0.3 is 5.97 Å². The van der Waals surface area contributed by atoms with Gasteiger partial charge in [-0.2, -0.15) is 0 Å². The first kappa shape index (κ1) is 30.4. The third-order valence-corrected chi connectivity index (χ3v) is 11.5. The molecule has 0 radical (unpaired) electrons. The second-order valence-electron chi connectivity index (χ2n) is 11.8. The van der Waals surface area contributed by atoms with E-state index in [1.54, 1.807) is 27.6 Å². The van der Waals surface area contributed by atoms with Crippen molar-refractivity contribution in [2.75, 3.05) is 24.7 Å². The minimum atomic E-state index is -0.825. The number of allylic oxidation sites excluding steroid dienone is 1. The Labute approximate surface area is 253 Å². The number of aliphatic hydroxyl groups excluding tert-OH is 1. The lowest BCUT2D eigenvalue weighted by Gasteiger charge is -2.42. The third kappa shape index (κ3) is 4.96. The summed E-state index contributed by atoms with van der Waals surface area (Å²) in [4.78, 5) is 46.1. The molecular weight excluding hydrogens is 548 g/mol. The summed E-state index contributed by atoms with van der Waals surface area (Å²) >= 11 is 1.63. The number of carbonyl (C=O) groups excluding carboxylic acids is 3. The van der Waals surface area contributed by atoms with Crippen molar-refractivity contribution in [3.8, 4) is 0 Å². The van der Waals surface area contributed by atoms with Gasteiger partial charge in [-0.1, -0.05) is 56.3 Å². The van der Waals surface area contributed by atoms with Crippen LogP contribution in [0.15, 0.2) is 67.8 Å². The molecule has 1 spiro atoms. The number of rotatable bonds is 13. The van der Waals surface area contributed by atoms with Crippen LogP contribution < -0.4 is 4.90 Å². The van der Waals surface area contributed by atoms with Gasteiger partial charge in [0, 0.05) is 17.5 Å². The Hall–Kier alpha value is -3.10. The molecule has 3 unspecified atom stereocenters. The number of unbranched alkanes of at least 4 members (excludes halogenated alkanes) is 2. The number of benzene rings is 2. The summed E-state index contributed by atoms with van der Waals surface area (Å²) in [6, 6.07) is 12.5. The van der Waals surface area contributed by atoms with Crippen LogP contribution in [-0.2, 0) is 19.1 Å². The van der Waals surface area contributed by atoms with Crippen LogP contribution in [0.2, 0.25) is 0 Å². The molecule has 0 aliphatic carbocycles. The first-order chi connectivity index (χ1) is 20.3. The zero-order chi connectivity index (χ0) is 30.0. The Balaban J connectivity index is 1.54. The molecule has 7 nitrogen and oxygen atoms in total. The molecule has 2 bridgehead atoms. The molecule has 0 saturated carbocycles. The Kier molecular flexibility index (Phi) is 9.14. The van der Waals surface area contributed by atoms with Crippen LogP contribution in [0.4, 0.5) is 5.69 Å². The standard InChI is InChI=1S/C34H42N2O5S/c1-5-8-9-12-18-41-33(40)28-27-19-22(4)34(42-27)29(28)31(38)36(25(7-3)21-37)30(34)32(39)35(17-6-2)26-16-15-23-13-10-11-14-24(23)20-26/h5-6,10-11,13-16,20,22,25,27-30,37H,1-2,7-9,12,17-19,21H2,3-4H3/t22?,25-,27+,28-,29-,30?,34?/m0/s1. The number of hydrogen-bond acceptors (Lipinski definition) is 6. The van der Waals surface area contributed by atoms with Crippen LogP contribution in [0.1, 0.15) is 46.0 Å². The molecule has 7 atom stereocenters. The Morgan fingerprint density at radius 1 is 1.19 bits per heavy atom. The molecule has 0 aromatic heterocycles. The number of nitrogens with zero attached hydrogens (tertiary/aromatic N) is 2. The average molecular weight is 591 g/mol. The Morgan fingerprint density at radius 2 is 1.95 bits per heavy atom. The number of anilines is 1. The maximum absolute atomic E-state index is 14.8. The number of amides is 2. The summed E-state index contributed by atoms with van der Waals surface area (Å²) in [5.74, 6) is -2.03. The van der Waals surface area contributed by atoms with Crippen LogP contribution in [0, 0.1) is 17.8 Å². The minimum absolute atomic E-state index is 0.0235. The van der Waals surface area contributed by atoms with Gasteiger partial charge < -0.3 is 19.6 Å². The van der Waals surface area contributed by atoms with E-state index >= 15 is 0 Å². The fraction of sp³-hybridized carbons (Fsp3) is 0.500. The molecule has 8 heteroatoms. The normalized spacial score (nSPS) is 28.5. The Bertz CT molecular complexity index is 1360. The molecule has 5 rings (SSSR count). The van der Waals surface area contributed by atoms with E-state index in [2.05, 4.69) is 20.1 Å². The van der Waals surface area contributed by atoms with Crippen LogP contribution in [0.3, 0.4) is 0 Å². The van der Waals surface area contributed by atoms with Crippen LogP contribution in [0.5, 0.6) is 0 Å². The summed E-state index contributed by atoms with van der Waals surface area (Å²) in [6.45, 7) is 12.0. The van der Waals surface area contributed by atoms with Gasteiger partial charge in [-0.3, -0.25) is 14.4 Å². The van der Waals surface area contributed by atoms with E-state index in [-0.39, 0.29) is 42.1 Å². The second kappa shape index (κ2) is 12.6. The van der Waals surface area contributed by atoms with Gasteiger partial charge in [-0.25, -0.2) is 0 Å². The monoisotopic (exact) mass is 590 g/mol. The van der Waals surface area contributed by atoms with Crippen molar-refractivity contribution in [3.63, 3.8) is 0 Å². The summed E-state index contributed by atoms with van der Waals surface area (Å²) in [5, 5.41) is 12.4. The van der Waals surface area contributed by atoms with Crippen LogP contribution >= 0.6 is 11.8 Å². The predicted octanol–water partition coefficient (Wildman–Crippen LogP) is 5.37. The quantitative estimate of drug-likeness (QED) is 0.192. The topological polar surface area (TPSA) is 87.1 Å². The van der Waals surface area contributed by atoms with Crippen LogP contribution in [0.25, 0.3) is 10.8 Å².